The van der Waals surface area contributed by atoms with E-state index in [4.69, 9.17) is 4.74 Å². The first-order valence-electron chi connectivity index (χ1n) is 5.51. The quantitative estimate of drug-likeness (QED) is 0.822. The number of amides is 2. The number of benzene rings is 1. The average molecular weight is 360 g/mol. The zero-order valence-electron chi connectivity index (χ0n) is 10.0. The molecule has 5 nitrogen and oxygen atoms in total. The summed E-state index contributed by atoms with van der Waals surface area (Å²) in [5.41, 5.74) is 0.765. The lowest BCUT2D eigenvalue weighted by molar-refractivity contribution is -0.121. The number of nitrogens with zero attached hydrogens (tertiary/aromatic N) is 1. The fourth-order valence-electron chi connectivity index (χ4n) is 1.86. The Hall–Kier alpha value is -1.31. The number of ether oxygens (including phenoxy) is 1. The number of halogens is 1. The summed E-state index contributed by atoms with van der Waals surface area (Å²) in [5.74, 6) is -0.218. The minimum Gasteiger partial charge on any atom is -0.423 e. The molecule has 1 fully saturated rings. The van der Waals surface area contributed by atoms with Crippen LogP contribution in [0.15, 0.2) is 24.3 Å². The Labute approximate surface area is 119 Å². The molecule has 1 aliphatic rings. The molecule has 0 spiro atoms. The highest BCUT2D eigenvalue weighted by molar-refractivity contribution is 14.1. The van der Waals surface area contributed by atoms with Gasteiger partial charge in [-0.15, -0.1) is 0 Å². The van der Waals surface area contributed by atoms with Gasteiger partial charge in [0.05, 0.1) is 6.04 Å². The molecule has 0 radical (unpaired) electrons. The predicted molar refractivity (Wildman–Crippen MR) is 75.2 cm³/mol. The van der Waals surface area contributed by atoms with Crippen molar-refractivity contribution in [3.05, 3.63) is 27.8 Å². The fraction of sp³-hybridized carbons (Fsp3) is 0.333. The van der Waals surface area contributed by atoms with Crippen LogP contribution in [0.2, 0.25) is 0 Å². The number of hydrogen-bond acceptors (Lipinski definition) is 3. The van der Waals surface area contributed by atoms with E-state index in [-0.39, 0.29) is 11.9 Å². The molecule has 2 rings (SSSR count). The van der Waals surface area contributed by atoms with E-state index < -0.39 is 12.3 Å². The van der Waals surface area contributed by atoms with Crippen LogP contribution in [0.3, 0.4) is 0 Å². The van der Waals surface area contributed by atoms with Crippen LogP contribution in [-0.4, -0.2) is 24.3 Å². The summed E-state index contributed by atoms with van der Waals surface area (Å²) in [4.78, 5) is 24.4. The lowest BCUT2D eigenvalue weighted by Gasteiger charge is -2.20. The molecule has 0 aromatic heterocycles. The van der Waals surface area contributed by atoms with Crippen LogP contribution in [0.4, 0.5) is 10.5 Å². The summed E-state index contributed by atoms with van der Waals surface area (Å²) in [6.45, 7) is 3.23. The highest BCUT2D eigenvalue weighted by Gasteiger charge is 2.40. The van der Waals surface area contributed by atoms with E-state index in [2.05, 4.69) is 27.9 Å². The molecular weight excluding hydrogens is 347 g/mol. The van der Waals surface area contributed by atoms with Crippen molar-refractivity contribution in [2.24, 2.45) is 0 Å². The maximum absolute atomic E-state index is 11.8. The van der Waals surface area contributed by atoms with E-state index in [1.165, 1.54) is 11.8 Å². The Bertz CT molecular complexity index is 475. The van der Waals surface area contributed by atoms with Crippen LogP contribution in [0.25, 0.3) is 0 Å². The number of anilines is 1. The van der Waals surface area contributed by atoms with E-state index in [1.54, 1.807) is 0 Å². The highest BCUT2D eigenvalue weighted by atomic mass is 127. The molecule has 2 atom stereocenters. The number of carbonyl (C=O) groups is 2. The Kier molecular flexibility index (Phi) is 3.74. The Morgan fingerprint density at radius 1 is 1.39 bits per heavy atom. The summed E-state index contributed by atoms with van der Waals surface area (Å²) in [7, 11) is 0. The molecule has 0 aliphatic carbocycles. The van der Waals surface area contributed by atoms with Crippen LogP contribution < -0.4 is 10.2 Å². The second-order valence-electron chi connectivity index (χ2n) is 4.09. The number of nitrogens with one attached hydrogen (secondary N) is 1. The van der Waals surface area contributed by atoms with Crippen LogP contribution in [0.1, 0.15) is 13.8 Å². The second kappa shape index (κ2) is 5.13. The van der Waals surface area contributed by atoms with Gasteiger partial charge in [-0.2, -0.15) is 0 Å². The molecule has 1 N–H and O–H groups in total. The van der Waals surface area contributed by atoms with Crippen molar-refractivity contribution in [3.8, 4) is 0 Å². The lowest BCUT2D eigenvalue weighted by Crippen LogP contribution is -2.43. The number of cyclic esters (lactones) is 1. The first-order valence-corrected chi connectivity index (χ1v) is 6.59. The zero-order valence-corrected chi connectivity index (χ0v) is 12.2. The number of hydrogen-bond donors (Lipinski definition) is 1. The minimum absolute atomic E-state index is 0.218. The lowest BCUT2D eigenvalue weighted by atomic mass is 10.2. The second-order valence-corrected chi connectivity index (χ2v) is 5.34. The van der Waals surface area contributed by atoms with Gasteiger partial charge in [-0.3, -0.25) is 9.69 Å². The van der Waals surface area contributed by atoms with Crippen molar-refractivity contribution in [1.29, 1.82) is 0 Å². The van der Waals surface area contributed by atoms with E-state index in [0.717, 1.165) is 9.26 Å². The molecule has 1 unspecified atom stereocenters. The van der Waals surface area contributed by atoms with Gasteiger partial charge < -0.3 is 10.1 Å². The number of carbonyl (C=O) groups excluding carboxylic acids is 2. The fourth-order valence-corrected chi connectivity index (χ4v) is 2.22. The van der Waals surface area contributed by atoms with Gasteiger partial charge in [-0.1, -0.05) is 0 Å². The van der Waals surface area contributed by atoms with E-state index in [1.807, 2.05) is 31.2 Å². The molecule has 1 aromatic carbocycles. The monoisotopic (exact) mass is 360 g/mol. The topological polar surface area (TPSA) is 58.6 Å². The number of rotatable bonds is 2. The van der Waals surface area contributed by atoms with Crippen molar-refractivity contribution in [2.45, 2.75) is 26.1 Å². The molecule has 1 saturated heterocycles. The van der Waals surface area contributed by atoms with Crippen molar-refractivity contribution < 1.29 is 14.3 Å². The Morgan fingerprint density at radius 3 is 2.56 bits per heavy atom. The first-order chi connectivity index (χ1) is 8.49. The van der Waals surface area contributed by atoms with Crippen molar-refractivity contribution >= 4 is 40.3 Å². The summed E-state index contributed by atoms with van der Waals surface area (Å²) < 4.78 is 6.23. The molecule has 0 bridgehead atoms. The van der Waals surface area contributed by atoms with Gasteiger partial charge in [0.15, 0.2) is 6.23 Å². The third-order valence-corrected chi connectivity index (χ3v) is 3.44. The molecule has 96 valence electrons. The van der Waals surface area contributed by atoms with Crippen LogP contribution in [0.5, 0.6) is 0 Å². The maximum Gasteiger partial charge on any atom is 0.416 e. The van der Waals surface area contributed by atoms with E-state index >= 15 is 0 Å². The molecule has 18 heavy (non-hydrogen) atoms. The first kappa shape index (κ1) is 13.1. The smallest absolute Gasteiger partial charge is 0.416 e. The molecular formula is C12H13IN2O3. The van der Waals surface area contributed by atoms with E-state index in [0.29, 0.717) is 0 Å². The van der Waals surface area contributed by atoms with Crippen LogP contribution >= 0.6 is 22.6 Å². The summed E-state index contributed by atoms with van der Waals surface area (Å²) in [6, 6.07) is 7.32. The summed E-state index contributed by atoms with van der Waals surface area (Å²) in [6.07, 6.45) is -1.04. The molecule has 0 saturated carbocycles. The third-order valence-electron chi connectivity index (χ3n) is 2.72. The maximum atomic E-state index is 11.8. The molecule has 6 heteroatoms. The zero-order chi connectivity index (χ0) is 13.3. The summed E-state index contributed by atoms with van der Waals surface area (Å²) in [5, 5.41) is 2.61. The van der Waals surface area contributed by atoms with Crippen LogP contribution in [0, 0.1) is 3.57 Å². The molecule has 1 heterocycles. The Balaban J connectivity index is 2.21. The third kappa shape index (κ3) is 2.58. The summed E-state index contributed by atoms with van der Waals surface area (Å²) >= 11 is 2.20. The van der Waals surface area contributed by atoms with Crippen LogP contribution in [-0.2, 0) is 9.53 Å². The largest absolute Gasteiger partial charge is 0.423 e. The van der Waals surface area contributed by atoms with Gasteiger partial charge in [0.1, 0.15) is 0 Å². The average Bonchev–Trinajstić information content (AvgIpc) is 2.55. The normalized spacial score (nSPS) is 22.8. The van der Waals surface area contributed by atoms with Gasteiger partial charge in [-0.05, 0) is 53.8 Å². The van der Waals surface area contributed by atoms with Gasteiger partial charge >= 0.3 is 6.09 Å². The predicted octanol–water partition coefficient (Wildman–Crippen LogP) is 2.10. The standard InChI is InChI=1S/C12H13IN2O3/c1-7-11(14-8(2)16)18-12(17)15(7)10-5-3-9(13)4-6-10/h3-7,11H,1-2H3,(H,14,16)/t7?,11-/m0/s1. The van der Waals surface area contributed by atoms with E-state index in [9.17, 15) is 9.59 Å². The van der Waals surface area contributed by atoms with Gasteiger partial charge in [0.25, 0.3) is 0 Å². The van der Waals surface area contributed by atoms with Crippen molar-refractivity contribution in [1.82, 2.24) is 5.32 Å². The molecule has 2 amide bonds. The van der Waals surface area contributed by atoms with Gasteiger partial charge in [-0.25, -0.2) is 4.79 Å². The highest BCUT2D eigenvalue weighted by Crippen LogP contribution is 2.26. The van der Waals surface area contributed by atoms with Gasteiger partial charge in [0, 0.05) is 16.2 Å². The Morgan fingerprint density at radius 2 is 2.00 bits per heavy atom. The SMILES string of the molecule is CC(=O)N[C@H]1OC(=O)N(c2ccc(I)cc2)C1C. The molecule has 1 aromatic rings. The minimum atomic E-state index is -0.603. The van der Waals surface area contributed by atoms with Gasteiger partial charge in [0.2, 0.25) is 5.91 Å². The van der Waals surface area contributed by atoms with Crippen molar-refractivity contribution in [3.63, 3.8) is 0 Å². The molecule has 1 aliphatic heterocycles. The van der Waals surface area contributed by atoms with Crippen molar-refractivity contribution in [2.75, 3.05) is 4.90 Å².